The van der Waals surface area contributed by atoms with Gasteiger partial charge in [-0.2, -0.15) is 0 Å². The van der Waals surface area contributed by atoms with Gasteiger partial charge in [-0.05, 0) is 56.0 Å². The Bertz CT molecular complexity index is 839. The summed E-state index contributed by atoms with van der Waals surface area (Å²) in [4.78, 5) is 19.8. The molecule has 0 aliphatic carbocycles. The van der Waals surface area contributed by atoms with Crippen molar-refractivity contribution in [3.8, 4) is 0 Å². The number of fused-ring (bicyclic) bond motifs is 1. The zero-order valence-electron chi connectivity index (χ0n) is 16.6. The third kappa shape index (κ3) is 3.46. The number of hydrogen-bond acceptors (Lipinski definition) is 3. The summed E-state index contributed by atoms with van der Waals surface area (Å²) in [6.45, 7) is 10.9. The summed E-state index contributed by atoms with van der Waals surface area (Å²) in [6, 6.07) is 15.1. The number of para-hydroxylation sites is 1. The minimum Gasteiger partial charge on any atom is -0.369 e. The highest BCUT2D eigenvalue weighted by Gasteiger charge is 2.31. The van der Waals surface area contributed by atoms with Crippen LogP contribution in [-0.2, 0) is 11.2 Å². The molecule has 0 aromatic heterocycles. The normalized spacial score (nSPS) is 20.0. The molecule has 2 aliphatic rings. The molecule has 1 amide bonds. The average Bonchev–Trinajstić information content (AvgIpc) is 3.00. The van der Waals surface area contributed by atoms with Gasteiger partial charge in [0.2, 0.25) is 5.91 Å². The number of rotatable bonds is 3. The van der Waals surface area contributed by atoms with Gasteiger partial charge in [0.1, 0.15) is 0 Å². The lowest BCUT2D eigenvalue weighted by atomic mass is 10.1. The Balaban J connectivity index is 1.38. The summed E-state index contributed by atoms with van der Waals surface area (Å²) in [5, 5.41) is 0. The van der Waals surface area contributed by atoms with Crippen molar-refractivity contribution in [2.24, 2.45) is 0 Å². The number of amides is 1. The molecule has 2 aromatic carbocycles. The molecule has 1 atom stereocenters. The van der Waals surface area contributed by atoms with Crippen LogP contribution in [0.3, 0.4) is 0 Å². The van der Waals surface area contributed by atoms with Crippen molar-refractivity contribution >= 4 is 17.3 Å². The van der Waals surface area contributed by atoms with Gasteiger partial charge < -0.3 is 9.80 Å². The van der Waals surface area contributed by atoms with Crippen molar-refractivity contribution in [1.82, 2.24) is 4.90 Å². The lowest BCUT2D eigenvalue weighted by Crippen LogP contribution is -2.51. The molecular formula is C23H29N3O. The van der Waals surface area contributed by atoms with Gasteiger partial charge in [0, 0.05) is 43.6 Å². The summed E-state index contributed by atoms with van der Waals surface area (Å²) in [7, 11) is 0. The van der Waals surface area contributed by atoms with E-state index in [9.17, 15) is 4.79 Å². The van der Waals surface area contributed by atoms with Crippen molar-refractivity contribution in [2.45, 2.75) is 33.2 Å². The number of carbonyl (C=O) groups is 1. The molecule has 4 nitrogen and oxygen atoms in total. The van der Waals surface area contributed by atoms with Crippen LogP contribution in [0.2, 0.25) is 0 Å². The Hall–Kier alpha value is -2.33. The minimum atomic E-state index is 0.229. The topological polar surface area (TPSA) is 26.8 Å². The van der Waals surface area contributed by atoms with Gasteiger partial charge in [0.05, 0.1) is 6.54 Å². The van der Waals surface area contributed by atoms with E-state index in [4.69, 9.17) is 0 Å². The van der Waals surface area contributed by atoms with Crippen LogP contribution >= 0.6 is 0 Å². The number of aryl methyl sites for hydroxylation is 1. The molecule has 0 N–H and O–H groups in total. The third-order valence-corrected chi connectivity index (χ3v) is 6.12. The summed E-state index contributed by atoms with van der Waals surface area (Å²) in [5.41, 5.74) is 6.43. The van der Waals surface area contributed by atoms with Gasteiger partial charge in [0.25, 0.3) is 0 Å². The van der Waals surface area contributed by atoms with E-state index in [0.29, 0.717) is 6.54 Å². The molecule has 4 rings (SSSR count). The van der Waals surface area contributed by atoms with E-state index < -0.39 is 0 Å². The van der Waals surface area contributed by atoms with Crippen LogP contribution in [0.15, 0.2) is 42.5 Å². The highest BCUT2D eigenvalue weighted by molar-refractivity contribution is 5.97. The maximum atomic E-state index is 13.0. The molecule has 27 heavy (non-hydrogen) atoms. The van der Waals surface area contributed by atoms with Gasteiger partial charge in [-0.1, -0.05) is 30.3 Å². The van der Waals surface area contributed by atoms with Crippen LogP contribution in [0, 0.1) is 13.8 Å². The second-order valence-corrected chi connectivity index (χ2v) is 7.93. The Labute approximate surface area is 162 Å². The summed E-state index contributed by atoms with van der Waals surface area (Å²) >= 11 is 0. The first-order valence-corrected chi connectivity index (χ1v) is 9.98. The number of nitrogens with zero attached hydrogens (tertiary/aromatic N) is 3. The number of piperazine rings is 1. The predicted octanol–water partition coefficient (Wildman–Crippen LogP) is 3.40. The zero-order valence-corrected chi connectivity index (χ0v) is 16.6. The van der Waals surface area contributed by atoms with Gasteiger partial charge in [-0.3, -0.25) is 9.69 Å². The van der Waals surface area contributed by atoms with Crippen molar-refractivity contribution in [1.29, 1.82) is 0 Å². The van der Waals surface area contributed by atoms with Crippen LogP contribution in [0.25, 0.3) is 0 Å². The molecule has 0 bridgehead atoms. The molecule has 2 aromatic rings. The maximum Gasteiger partial charge on any atom is 0.241 e. The monoisotopic (exact) mass is 363 g/mol. The first-order chi connectivity index (χ1) is 13.0. The molecule has 0 radical (unpaired) electrons. The van der Waals surface area contributed by atoms with E-state index in [-0.39, 0.29) is 11.9 Å². The number of benzene rings is 2. The smallest absolute Gasteiger partial charge is 0.241 e. The van der Waals surface area contributed by atoms with Crippen LogP contribution in [0.1, 0.15) is 23.6 Å². The predicted molar refractivity (Wildman–Crippen MR) is 112 cm³/mol. The molecule has 0 unspecified atom stereocenters. The minimum absolute atomic E-state index is 0.229. The van der Waals surface area contributed by atoms with E-state index in [1.807, 2.05) is 11.0 Å². The van der Waals surface area contributed by atoms with Gasteiger partial charge >= 0.3 is 0 Å². The van der Waals surface area contributed by atoms with Gasteiger partial charge in [-0.15, -0.1) is 0 Å². The van der Waals surface area contributed by atoms with E-state index in [1.165, 1.54) is 22.4 Å². The average molecular weight is 364 g/mol. The Kier molecular flexibility index (Phi) is 4.92. The van der Waals surface area contributed by atoms with E-state index in [1.54, 1.807) is 0 Å². The van der Waals surface area contributed by atoms with Crippen molar-refractivity contribution in [2.75, 3.05) is 42.5 Å². The van der Waals surface area contributed by atoms with Crippen LogP contribution < -0.4 is 9.80 Å². The van der Waals surface area contributed by atoms with E-state index in [2.05, 4.69) is 67.0 Å². The Morgan fingerprint density at radius 3 is 2.44 bits per heavy atom. The molecule has 2 heterocycles. The highest BCUT2D eigenvalue weighted by atomic mass is 16.2. The fourth-order valence-electron chi connectivity index (χ4n) is 4.44. The zero-order chi connectivity index (χ0) is 19.0. The maximum absolute atomic E-state index is 13.0. The lowest BCUT2D eigenvalue weighted by molar-refractivity contribution is -0.120. The Morgan fingerprint density at radius 2 is 1.67 bits per heavy atom. The molecule has 4 heteroatoms. The highest BCUT2D eigenvalue weighted by Crippen LogP contribution is 2.32. The summed E-state index contributed by atoms with van der Waals surface area (Å²) in [5.74, 6) is 0.229. The molecule has 0 spiro atoms. The fraction of sp³-hybridized carbons (Fsp3) is 0.435. The molecular weight excluding hydrogens is 334 g/mol. The van der Waals surface area contributed by atoms with E-state index >= 15 is 0 Å². The van der Waals surface area contributed by atoms with Gasteiger partial charge in [0.15, 0.2) is 0 Å². The van der Waals surface area contributed by atoms with Gasteiger partial charge in [-0.25, -0.2) is 0 Å². The number of anilines is 2. The first kappa shape index (κ1) is 18.1. The lowest BCUT2D eigenvalue weighted by Gasteiger charge is -2.37. The van der Waals surface area contributed by atoms with Crippen molar-refractivity contribution < 1.29 is 4.79 Å². The van der Waals surface area contributed by atoms with Crippen LogP contribution in [0.4, 0.5) is 11.4 Å². The second kappa shape index (κ2) is 7.35. The number of carbonyl (C=O) groups excluding carboxylic acids is 1. The third-order valence-electron chi connectivity index (χ3n) is 6.12. The molecule has 2 aliphatic heterocycles. The second-order valence-electron chi connectivity index (χ2n) is 7.93. The van der Waals surface area contributed by atoms with Crippen LogP contribution in [-0.4, -0.2) is 49.6 Å². The van der Waals surface area contributed by atoms with E-state index in [0.717, 1.165) is 38.3 Å². The molecule has 142 valence electrons. The summed E-state index contributed by atoms with van der Waals surface area (Å²) in [6.07, 6.45) is 0.961. The SMILES string of the molecule is Cc1cccc(N2CCN(CC(=O)N3c4ccccc4C[C@H]3C)CC2)c1C. The largest absolute Gasteiger partial charge is 0.369 e. The standard InChI is InChI=1S/C23H29N3O/c1-17-7-6-10-21(19(17)3)25-13-11-24(12-14-25)16-23(27)26-18(2)15-20-8-4-5-9-22(20)26/h4-10,18H,11-16H2,1-3H3/t18-/m1/s1. The number of hydrogen-bond donors (Lipinski definition) is 0. The quantitative estimate of drug-likeness (QED) is 0.836. The van der Waals surface area contributed by atoms with Crippen molar-refractivity contribution in [3.05, 3.63) is 59.2 Å². The summed E-state index contributed by atoms with van der Waals surface area (Å²) < 4.78 is 0. The first-order valence-electron chi connectivity index (χ1n) is 9.98. The fourth-order valence-corrected chi connectivity index (χ4v) is 4.44. The molecule has 1 saturated heterocycles. The molecule has 1 fully saturated rings. The Morgan fingerprint density at radius 1 is 0.963 bits per heavy atom. The molecule has 0 saturated carbocycles. The van der Waals surface area contributed by atoms with Crippen molar-refractivity contribution in [3.63, 3.8) is 0 Å². The van der Waals surface area contributed by atoms with Crippen LogP contribution in [0.5, 0.6) is 0 Å².